The zero-order chi connectivity index (χ0) is 29.1. The number of nitrogens with one attached hydrogen (secondary N) is 2. The topological polar surface area (TPSA) is 91.5 Å². The molecule has 0 bridgehead atoms. The molecular weight excluding hydrogens is 511 g/mol. The van der Waals surface area contributed by atoms with Crippen molar-refractivity contribution in [2.45, 2.75) is 106 Å². The second-order valence-electron chi connectivity index (χ2n) is 12.6. The number of rotatable bonds is 14. The first-order valence-electron chi connectivity index (χ1n) is 15.0. The fraction of sp³-hybridized carbons (Fsp3) is 0.833. The number of nitrogens with zero attached hydrogens (tertiary/aromatic N) is 2. The minimum atomic E-state index is -3.41. The van der Waals surface area contributed by atoms with E-state index in [0.717, 1.165) is 42.5 Å². The predicted octanol–water partition coefficient (Wildman–Crippen LogP) is 6.55. The van der Waals surface area contributed by atoms with Gasteiger partial charge < -0.3 is 13.8 Å². The molecule has 0 saturated heterocycles. The van der Waals surface area contributed by atoms with Gasteiger partial charge in [0.2, 0.25) is 6.33 Å². The fourth-order valence-electron chi connectivity index (χ4n) is 6.68. The summed E-state index contributed by atoms with van der Waals surface area (Å²) in [6.45, 7) is 22.3. The highest BCUT2D eigenvalue weighted by atomic mass is 31.2. The van der Waals surface area contributed by atoms with Crippen LogP contribution in [-0.2, 0) is 18.3 Å². The molecule has 1 fully saturated rings. The van der Waals surface area contributed by atoms with E-state index >= 15 is 0 Å². The van der Waals surface area contributed by atoms with Gasteiger partial charge >= 0.3 is 19.6 Å². The molecule has 2 aromatic rings. The van der Waals surface area contributed by atoms with Crippen molar-refractivity contribution in [1.29, 1.82) is 0 Å². The van der Waals surface area contributed by atoms with Crippen molar-refractivity contribution in [3.63, 3.8) is 0 Å². The zero-order valence-corrected chi connectivity index (χ0v) is 27.2. The molecule has 1 saturated carbocycles. The highest BCUT2D eigenvalue weighted by Crippen LogP contribution is 2.57. The molecule has 0 aliphatic heterocycles. The van der Waals surface area contributed by atoms with Gasteiger partial charge in [-0.25, -0.2) is 9.97 Å². The maximum atomic E-state index is 14.3. The fourth-order valence-corrected chi connectivity index (χ4v) is 8.52. The number of aryl methyl sites for hydroxylation is 1. The van der Waals surface area contributed by atoms with Crippen LogP contribution in [0.5, 0.6) is 0 Å². The molecule has 39 heavy (non-hydrogen) atoms. The molecule has 10 unspecified atom stereocenters. The Morgan fingerprint density at radius 2 is 1.82 bits per heavy atom. The van der Waals surface area contributed by atoms with Gasteiger partial charge in [-0.2, -0.15) is 9.55 Å². The summed E-state index contributed by atoms with van der Waals surface area (Å²) in [6, 6.07) is 0.178. The zero-order valence-electron chi connectivity index (χ0n) is 26.3. The Morgan fingerprint density at radius 3 is 2.44 bits per heavy atom. The van der Waals surface area contributed by atoms with E-state index in [1.807, 2.05) is 13.3 Å². The first-order valence-corrected chi connectivity index (χ1v) is 17.0. The van der Waals surface area contributed by atoms with Crippen LogP contribution in [0.15, 0.2) is 12.7 Å². The summed E-state index contributed by atoms with van der Waals surface area (Å²) in [5, 5.41) is 0. The van der Waals surface area contributed by atoms with Crippen LogP contribution < -0.4 is 9.55 Å². The van der Waals surface area contributed by atoms with Crippen molar-refractivity contribution in [2.75, 3.05) is 20.4 Å². The maximum absolute atomic E-state index is 14.3. The lowest BCUT2D eigenvalue weighted by Gasteiger charge is -2.47. The molecule has 2 heterocycles. The monoisotopic (exact) mass is 566 g/mol. The molecule has 222 valence electrons. The second-order valence-corrected chi connectivity index (χ2v) is 14.6. The van der Waals surface area contributed by atoms with Gasteiger partial charge in [0.25, 0.3) is 5.52 Å². The molecule has 0 radical (unpaired) electrons. The Hall–Kier alpha value is -1.34. The van der Waals surface area contributed by atoms with Gasteiger partial charge in [-0.1, -0.05) is 61.3 Å². The van der Waals surface area contributed by atoms with E-state index in [1.165, 1.54) is 0 Å². The first kappa shape index (κ1) is 32.2. The van der Waals surface area contributed by atoms with Gasteiger partial charge in [-0.3, -0.25) is 4.57 Å². The van der Waals surface area contributed by atoms with Gasteiger partial charge in [-0.15, -0.1) is 0 Å². The van der Waals surface area contributed by atoms with E-state index in [-0.39, 0.29) is 29.9 Å². The van der Waals surface area contributed by atoms with Gasteiger partial charge in [0.1, 0.15) is 11.7 Å². The first-order chi connectivity index (χ1) is 18.3. The minimum Gasteiger partial charge on any atom is -0.384 e. The largest absolute Gasteiger partial charge is 0.397 e. The van der Waals surface area contributed by atoms with Crippen molar-refractivity contribution in [3.8, 4) is 0 Å². The Bertz CT molecular complexity index is 1130. The average Bonchev–Trinajstić information content (AvgIpc) is 3.50. The molecular formula is C30H55N4O4P+2. The van der Waals surface area contributed by atoms with Crippen molar-refractivity contribution >= 4 is 18.8 Å². The quantitative estimate of drug-likeness (QED) is 0.207. The summed E-state index contributed by atoms with van der Waals surface area (Å²) < 4.78 is 35.3. The molecule has 1 aliphatic rings. The number of ether oxygens (including phenoxy) is 1. The van der Waals surface area contributed by atoms with E-state index in [9.17, 15) is 4.57 Å². The number of aromatic amines is 2. The summed E-state index contributed by atoms with van der Waals surface area (Å²) in [6.07, 6.45) is 7.26. The van der Waals surface area contributed by atoms with Crippen molar-refractivity contribution in [1.82, 2.24) is 9.97 Å². The van der Waals surface area contributed by atoms with Crippen molar-refractivity contribution in [2.24, 2.45) is 35.5 Å². The third kappa shape index (κ3) is 6.94. The summed E-state index contributed by atoms with van der Waals surface area (Å²) in [4.78, 5) is 11.0. The number of methoxy groups -OCH3 is 1. The highest BCUT2D eigenvalue weighted by Gasteiger charge is 2.49. The number of imidazole rings is 1. The minimum absolute atomic E-state index is 0.118. The molecule has 3 rings (SSSR count). The van der Waals surface area contributed by atoms with Crippen LogP contribution in [0.1, 0.15) is 92.8 Å². The van der Waals surface area contributed by atoms with Crippen LogP contribution in [0.3, 0.4) is 0 Å². The van der Waals surface area contributed by atoms with Crippen LogP contribution in [0.2, 0.25) is 0 Å². The Labute approximate surface area is 236 Å². The van der Waals surface area contributed by atoms with E-state index in [0.29, 0.717) is 24.4 Å². The van der Waals surface area contributed by atoms with Crippen molar-refractivity contribution in [3.05, 3.63) is 18.3 Å². The summed E-state index contributed by atoms with van der Waals surface area (Å²) in [5.41, 5.74) is 2.36. The number of hydrogen-bond donors (Lipinski definition) is 1. The van der Waals surface area contributed by atoms with Crippen LogP contribution in [0.4, 0.5) is 0 Å². The van der Waals surface area contributed by atoms with Crippen LogP contribution in [0.25, 0.3) is 11.2 Å². The van der Waals surface area contributed by atoms with Crippen molar-refractivity contribution < 1.29 is 27.9 Å². The van der Waals surface area contributed by atoms with E-state index < -0.39 is 13.2 Å². The third-order valence-corrected chi connectivity index (χ3v) is 11.7. The van der Waals surface area contributed by atoms with Crippen LogP contribution in [-0.4, -0.2) is 42.1 Å². The lowest BCUT2D eigenvalue weighted by Crippen LogP contribution is -2.48. The van der Waals surface area contributed by atoms with E-state index in [1.54, 1.807) is 20.1 Å². The van der Waals surface area contributed by atoms with Gasteiger partial charge in [0, 0.05) is 32.5 Å². The molecule has 0 aromatic carbocycles. The molecule has 1 aliphatic carbocycles. The molecule has 2 N–H and O–H groups in total. The lowest BCUT2D eigenvalue weighted by molar-refractivity contribution is -0.727. The Kier molecular flexibility index (Phi) is 10.8. The summed E-state index contributed by atoms with van der Waals surface area (Å²) >= 11 is 0. The molecule has 0 amide bonds. The maximum Gasteiger partial charge on any atom is 0.397 e. The molecule has 10 atom stereocenters. The smallest absolute Gasteiger partial charge is 0.384 e. The number of hydrogen-bond acceptors (Lipinski definition) is 5. The standard InChI is InChI=1S/C30H53N4O4P/c1-12-19(3)21(5)23(7)30(9,22(6)20(4)13-2)38-39(11,35)37-27-15-26(14-25(27)16-36-10)34-18-33-28-24(8)31-17-32-29(28)34/h17-23,25-27H,12-16H2,1-11H3/p+2. The third-order valence-electron chi connectivity index (χ3n) is 10.4. The summed E-state index contributed by atoms with van der Waals surface area (Å²) in [7, 11) is -1.69. The SMILES string of the molecule is CCC(C)C(C)C(C)C(C)(OP(C)(=O)OC1CC([n+]2c[nH]c3c(C)nc[nH+]c32)CC1COC)C(C)C(C)CC. The number of aromatic nitrogens is 4. The number of H-pyrrole nitrogens is 2. The van der Waals surface area contributed by atoms with Gasteiger partial charge in [0.05, 0.1) is 18.3 Å². The summed E-state index contributed by atoms with van der Waals surface area (Å²) in [5.74, 6) is 1.97. The van der Waals surface area contributed by atoms with E-state index in [4.69, 9.17) is 13.8 Å². The Balaban J connectivity index is 1.87. The predicted molar refractivity (Wildman–Crippen MR) is 156 cm³/mol. The highest BCUT2D eigenvalue weighted by molar-refractivity contribution is 7.53. The lowest BCUT2D eigenvalue weighted by atomic mass is 9.67. The second kappa shape index (κ2) is 13.1. The van der Waals surface area contributed by atoms with Gasteiger partial charge in [-0.05, 0) is 43.4 Å². The number of fused-ring (bicyclic) bond motifs is 1. The molecule has 9 heteroatoms. The normalized spacial score (nSPS) is 27.0. The molecule has 2 aromatic heterocycles. The Morgan fingerprint density at radius 1 is 1.15 bits per heavy atom. The average molecular weight is 567 g/mol. The molecule has 0 spiro atoms. The van der Waals surface area contributed by atoms with Crippen LogP contribution >= 0.6 is 7.60 Å². The van der Waals surface area contributed by atoms with Gasteiger partial charge in [0.15, 0.2) is 0 Å². The molecule has 8 nitrogen and oxygen atoms in total. The van der Waals surface area contributed by atoms with Crippen LogP contribution in [0, 0.1) is 42.4 Å². The van der Waals surface area contributed by atoms with E-state index in [2.05, 4.69) is 74.9 Å².